The maximum absolute atomic E-state index is 13.5. The van der Waals surface area contributed by atoms with E-state index in [4.69, 9.17) is 6.42 Å². The van der Waals surface area contributed by atoms with E-state index in [2.05, 4.69) is 5.92 Å². The zero-order chi connectivity index (χ0) is 13.8. The first-order valence-electron chi connectivity index (χ1n) is 6.26. The van der Waals surface area contributed by atoms with Gasteiger partial charge in [0.1, 0.15) is 11.6 Å². The average molecular weight is 263 g/mol. The lowest BCUT2D eigenvalue weighted by Crippen LogP contribution is -2.34. The molecule has 0 bridgehead atoms. The fourth-order valence-electron chi connectivity index (χ4n) is 1.94. The number of nitrogens with zero attached hydrogens (tertiary/aromatic N) is 1. The molecule has 1 aromatic carbocycles. The second-order valence-corrected chi connectivity index (χ2v) is 4.80. The van der Waals surface area contributed by atoms with Crippen molar-refractivity contribution in [3.8, 4) is 12.3 Å². The van der Waals surface area contributed by atoms with E-state index in [1.54, 1.807) is 0 Å². The number of halogens is 2. The summed E-state index contributed by atoms with van der Waals surface area (Å²) in [5, 5.41) is 0. The highest BCUT2D eigenvalue weighted by atomic mass is 19.1. The molecule has 0 saturated heterocycles. The van der Waals surface area contributed by atoms with Crippen LogP contribution in [0.3, 0.4) is 0 Å². The maximum Gasteiger partial charge on any atom is 0.228 e. The van der Waals surface area contributed by atoms with Crippen molar-refractivity contribution in [3.63, 3.8) is 0 Å². The minimum Gasteiger partial charge on any atom is -0.331 e. The molecule has 1 fully saturated rings. The monoisotopic (exact) mass is 263 g/mol. The molecule has 4 heteroatoms. The van der Waals surface area contributed by atoms with Crippen LogP contribution in [-0.4, -0.2) is 23.9 Å². The highest BCUT2D eigenvalue weighted by Gasteiger charge is 2.27. The number of hydrogen-bond donors (Lipinski definition) is 0. The van der Waals surface area contributed by atoms with Gasteiger partial charge in [-0.1, -0.05) is 12.0 Å². The van der Waals surface area contributed by atoms with Gasteiger partial charge < -0.3 is 4.90 Å². The van der Waals surface area contributed by atoms with Gasteiger partial charge in [0.05, 0.1) is 13.0 Å². The predicted octanol–water partition coefficient (Wildman–Crippen LogP) is 2.38. The molecule has 2 nitrogen and oxygen atoms in total. The lowest BCUT2D eigenvalue weighted by Gasteiger charge is -2.20. The van der Waals surface area contributed by atoms with Crippen molar-refractivity contribution in [1.29, 1.82) is 0 Å². The molecule has 2 rings (SSSR count). The van der Waals surface area contributed by atoms with E-state index in [-0.39, 0.29) is 24.4 Å². The van der Waals surface area contributed by atoms with Gasteiger partial charge in [0.2, 0.25) is 5.91 Å². The van der Waals surface area contributed by atoms with E-state index in [9.17, 15) is 13.6 Å². The highest BCUT2D eigenvalue weighted by Crippen LogP contribution is 2.29. The van der Waals surface area contributed by atoms with Crippen molar-refractivity contribution in [2.24, 2.45) is 5.92 Å². The quantitative estimate of drug-likeness (QED) is 0.747. The third-order valence-electron chi connectivity index (χ3n) is 3.20. The highest BCUT2D eigenvalue weighted by molar-refractivity contribution is 5.79. The molecule has 0 atom stereocenters. The Hall–Kier alpha value is -1.89. The van der Waals surface area contributed by atoms with E-state index in [0.29, 0.717) is 12.5 Å². The summed E-state index contributed by atoms with van der Waals surface area (Å²) in [6.07, 6.45) is 7.11. The zero-order valence-corrected chi connectivity index (χ0v) is 10.5. The van der Waals surface area contributed by atoms with Crippen molar-refractivity contribution in [2.45, 2.75) is 19.3 Å². The third-order valence-corrected chi connectivity index (χ3v) is 3.20. The van der Waals surface area contributed by atoms with Crippen LogP contribution in [0.2, 0.25) is 0 Å². The molecule has 0 aliphatic heterocycles. The number of benzene rings is 1. The maximum atomic E-state index is 13.5. The Bertz CT molecular complexity index is 497. The fraction of sp³-hybridized carbons (Fsp3) is 0.400. The Morgan fingerprint density at radius 2 is 2.00 bits per heavy atom. The Labute approximate surface area is 111 Å². The second-order valence-electron chi connectivity index (χ2n) is 4.80. The molecule has 1 amide bonds. The Balaban J connectivity index is 2.07. The number of terminal acetylenes is 1. The summed E-state index contributed by atoms with van der Waals surface area (Å²) < 4.78 is 27.0. The smallest absolute Gasteiger partial charge is 0.228 e. The summed E-state index contributed by atoms with van der Waals surface area (Å²) in [5.41, 5.74) is -0.190. The molecule has 1 aromatic rings. The van der Waals surface area contributed by atoms with Crippen LogP contribution in [0.25, 0.3) is 0 Å². The molecule has 1 aliphatic carbocycles. The first-order chi connectivity index (χ1) is 9.11. The summed E-state index contributed by atoms with van der Waals surface area (Å²) in [4.78, 5) is 13.6. The molecule has 19 heavy (non-hydrogen) atoms. The first kappa shape index (κ1) is 13.5. The van der Waals surface area contributed by atoms with E-state index < -0.39 is 11.6 Å². The average Bonchev–Trinajstić information content (AvgIpc) is 3.17. The standard InChI is InChI=1S/C15H15F2NO/c1-2-8-18(10-11-6-7-11)15(19)9-12-13(16)4-3-5-14(12)17/h1,3-5,11H,6-10H2. The summed E-state index contributed by atoms with van der Waals surface area (Å²) in [7, 11) is 0. The topological polar surface area (TPSA) is 20.3 Å². The van der Waals surface area contributed by atoms with Crippen LogP contribution in [-0.2, 0) is 11.2 Å². The summed E-state index contributed by atoms with van der Waals surface area (Å²) in [6, 6.07) is 3.58. The molecular formula is C15H15F2NO. The summed E-state index contributed by atoms with van der Waals surface area (Å²) >= 11 is 0. The number of carbonyl (C=O) groups excluding carboxylic acids is 1. The predicted molar refractivity (Wildman–Crippen MR) is 68.2 cm³/mol. The molecule has 0 spiro atoms. The van der Waals surface area contributed by atoms with Crippen molar-refractivity contribution < 1.29 is 13.6 Å². The second kappa shape index (κ2) is 5.83. The van der Waals surface area contributed by atoms with Gasteiger partial charge in [-0.2, -0.15) is 0 Å². The SMILES string of the molecule is C#CCN(CC1CC1)C(=O)Cc1c(F)cccc1F. The molecule has 0 N–H and O–H groups in total. The normalized spacial score (nSPS) is 13.9. The largest absolute Gasteiger partial charge is 0.331 e. The van der Waals surface area contributed by atoms with Crippen LogP contribution in [0.5, 0.6) is 0 Å². The van der Waals surface area contributed by atoms with Crippen LogP contribution in [0.1, 0.15) is 18.4 Å². The lowest BCUT2D eigenvalue weighted by atomic mass is 10.1. The Morgan fingerprint density at radius 3 is 2.53 bits per heavy atom. The molecular weight excluding hydrogens is 248 g/mol. The number of rotatable bonds is 5. The summed E-state index contributed by atoms with van der Waals surface area (Å²) in [5.74, 6) is 1.19. The molecule has 0 radical (unpaired) electrons. The van der Waals surface area contributed by atoms with Crippen LogP contribution in [0, 0.1) is 29.9 Å². The lowest BCUT2D eigenvalue weighted by molar-refractivity contribution is -0.130. The zero-order valence-electron chi connectivity index (χ0n) is 10.5. The number of amides is 1. The van der Waals surface area contributed by atoms with Crippen molar-refractivity contribution >= 4 is 5.91 Å². The minimum atomic E-state index is -0.694. The molecule has 0 unspecified atom stereocenters. The van der Waals surface area contributed by atoms with Gasteiger partial charge in [-0.25, -0.2) is 8.78 Å². The van der Waals surface area contributed by atoms with E-state index in [0.717, 1.165) is 25.0 Å². The van der Waals surface area contributed by atoms with Crippen LogP contribution >= 0.6 is 0 Å². The first-order valence-corrected chi connectivity index (χ1v) is 6.26. The van der Waals surface area contributed by atoms with E-state index in [1.807, 2.05) is 0 Å². The molecule has 1 saturated carbocycles. The van der Waals surface area contributed by atoms with E-state index in [1.165, 1.54) is 11.0 Å². The van der Waals surface area contributed by atoms with Gasteiger partial charge in [-0.05, 0) is 30.9 Å². The number of carbonyl (C=O) groups is 1. The molecule has 0 heterocycles. The molecule has 100 valence electrons. The van der Waals surface area contributed by atoms with Crippen LogP contribution in [0.15, 0.2) is 18.2 Å². The number of hydrogen-bond acceptors (Lipinski definition) is 1. The molecule has 0 aromatic heterocycles. The van der Waals surface area contributed by atoms with E-state index >= 15 is 0 Å². The molecule has 1 aliphatic rings. The Kier molecular flexibility index (Phi) is 4.16. The van der Waals surface area contributed by atoms with Crippen LogP contribution < -0.4 is 0 Å². The van der Waals surface area contributed by atoms with Crippen molar-refractivity contribution in [3.05, 3.63) is 35.4 Å². The van der Waals surface area contributed by atoms with Gasteiger partial charge in [0.15, 0.2) is 0 Å². The fourth-order valence-corrected chi connectivity index (χ4v) is 1.94. The van der Waals surface area contributed by atoms with Crippen molar-refractivity contribution in [1.82, 2.24) is 4.90 Å². The third kappa shape index (κ3) is 3.54. The Morgan fingerprint density at radius 1 is 1.37 bits per heavy atom. The minimum absolute atomic E-state index is 0.186. The van der Waals surface area contributed by atoms with Crippen molar-refractivity contribution in [2.75, 3.05) is 13.1 Å². The summed E-state index contributed by atoms with van der Waals surface area (Å²) in [6.45, 7) is 0.768. The van der Waals surface area contributed by atoms with Gasteiger partial charge in [-0.3, -0.25) is 4.79 Å². The van der Waals surface area contributed by atoms with Gasteiger partial charge >= 0.3 is 0 Å². The van der Waals surface area contributed by atoms with Gasteiger partial charge in [0.25, 0.3) is 0 Å². The van der Waals surface area contributed by atoms with Gasteiger partial charge in [-0.15, -0.1) is 6.42 Å². The van der Waals surface area contributed by atoms with Gasteiger partial charge in [0, 0.05) is 12.1 Å². The van der Waals surface area contributed by atoms with Crippen LogP contribution in [0.4, 0.5) is 8.78 Å².